The maximum atomic E-state index is 12.5. The molecule has 1 saturated heterocycles. The first-order chi connectivity index (χ1) is 10.5. The van der Waals surface area contributed by atoms with Gasteiger partial charge in [-0.2, -0.15) is 0 Å². The molecule has 1 aromatic carbocycles. The first-order valence-corrected chi connectivity index (χ1v) is 7.50. The SMILES string of the molecule is CC1CN(C(=O)c2ccc(CNC(=O)CN)cc2)CC(C)O1.Cl. The Balaban J connectivity index is 0.00000264. The molecular formula is C16H24ClN3O3. The summed E-state index contributed by atoms with van der Waals surface area (Å²) >= 11 is 0. The van der Waals surface area contributed by atoms with Crippen molar-refractivity contribution < 1.29 is 14.3 Å². The summed E-state index contributed by atoms with van der Waals surface area (Å²) in [4.78, 5) is 25.4. The number of carbonyl (C=O) groups is 2. The highest BCUT2D eigenvalue weighted by Crippen LogP contribution is 2.15. The molecular weight excluding hydrogens is 318 g/mol. The maximum absolute atomic E-state index is 12.5. The van der Waals surface area contributed by atoms with Gasteiger partial charge >= 0.3 is 0 Å². The number of hydrogen-bond acceptors (Lipinski definition) is 4. The minimum atomic E-state index is -0.198. The largest absolute Gasteiger partial charge is 0.372 e. The third kappa shape index (κ3) is 5.49. The molecule has 0 radical (unpaired) electrons. The molecule has 2 atom stereocenters. The van der Waals surface area contributed by atoms with Crippen LogP contribution in [-0.2, 0) is 16.1 Å². The van der Waals surface area contributed by atoms with Gasteiger partial charge in [-0.3, -0.25) is 9.59 Å². The van der Waals surface area contributed by atoms with Crippen LogP contribution in [0.2, 0.25) is 0 Å². The van der Waals surface area contributed by atoms with E-state index in [1.165, 1.54) is 0 Å². The van der Waals surface area contributed by atoms with Gasteiger partial charge in [0.1, 0.15) is 0 Å². The first-order valence-electron chi connectivity index (χ1n) is 7.50. The molecule has 7 heteroatoms. The van der Waals surface area contributed by atoms with Gasteiger partial charge in [0.15, 0.2) is 0 Å². The second kappa shape index (κ2) is 8.86. The van der Waals surface area contributed by atoms with Gasteiger partial charge in [0.25, 0.3) is 5.91 Å². The lowest BCUT2D eigenvalue weighted by Gasteiger charge is -2.35. The summed E-state index contributed by atoms with van der Waals surface area (Å²) in [5, 5.41) is 2.70. The van der Waals surface area contributed by atoms with E-state index >= 15 is 0 Å². The van der Waals surface area contributed by atoms with Crippen LogP contribution >= 0.6 is 12.4 Å². The molecule has 0 saturated carbocycles. The van der Waals surface area contributed by atoms with E-state index in [2.05, 4.69) is 5.32 Å². The molecule has 1 heterocycles. The van der Waals surface area contributed by atoms with Crippen molar-refractivity contribution in [2.45, 2.75) is 32.6 Å². The summed E-state index contributed by atoms with van der Waals surface area (Å²) in [5.41, 5.74) is 6.81. The highest BCUT2D eigenvalue weighted by molar-refractivity contribution is 5.94. The molecule has 128 valence electrons. The van der Waals surface area contributed by atoms with E-state index in [4.69, 9.17) is 10.5 Å². The number of morpholine rings is 1. The number of benzene rings is 1. The minimum Gasteiger partial charge on any atom is -0.372 e. The Morgan fingerprint density at radius 1 is 1.22 bits per heavy atom. The van der Waals surface area contributed by atoms with Crippen molar-refractivity contribution in [2.24, 2.45) is 5.73 Å². The van der Waals surface area contributed by atoms with E-state index in [1.54, 1.807) is 12.1 Å². The van der Waals surface area contributed by atoms with Crippen LogP contribution in [-0.4, -0.2) is 48.6 Å². The number of nitrogens with one attached hydrogen (secondary N) is 1. The molecule has 3 N–H and O–H groups in total. The van der Waals surface area contributed by atoms with E-state index in [9.17, 15) is 9.59 Å². The van der Waals surface area contributed by atoms with Crippen molar-refractivity contribution in [3.8, 4) is 0 Å². The quantitative estimate of drug-likeness (QED) is 0.853. The van der Waals surface area contributed by atoms with Gasteiger partial charge in [-0.15, -0.1) is 12.4 Å². The summed E-state index contributed by atoms with van der Waals surface area (Å²) in [7, 11) is 0. The molecule has 0 aliphatic carbocycles. The zero-order valence-electron chi connectivity index (χ0n) is 13.5. The highest BCUT2D eigenvalue weighted by Gasteiger charge is 2.26. The van der Waals surface area contributed by atoms with Gasteiger partial charge in [0.2, 0.25) is 5.91 Å². The summed E-state index contributed by atoms with van der Waals surface area (Å²) in [6.07, 6.45) is 0.108. The number of rotatable bonds is 4. The molecule has 0 bridgehead atoms. The van der Waals surface area contributed by atoms with Crippen LogP contribution in [0.4, 0.5) is 0 Å². The number of halogens is 1. The van der Waals surface area contributed by atoms with Crippen LogP contribution in [0, 0.1) is 0 Å². The maximum Gasteiger partial charge on any atom is 0.254 e. The van der Waals surface area contributed by atoms with Gasteiger partial charge in [-0.05, 0) is 31.5 Å². The van der Waals surface area contributed by atoms with Crippen molar-refractivity contribution in [3.63, 3.8) is 0 Å². The lowest BCUT2D eigenvalue weighted by molar-refractivity contribution is -0.119. The van der Waals surface area contributed by atoms with Gasteiger partial charge in [-0.1, -0.05) is 12.1 Å². The molecule has 6 nitrogen and oxygen atoms in total. The topological polar surface area (TPSA) is 84.7 Å². The Morgan fingerprint density at radius 3 is 2.30 bits per heavy atom. The van der Waals surface area contributed by atoms with Crippen LogP contribution in [0.1, 0.15) is 29.8 Å². The summed E-state index contributed by atoms with van der Waals surface area (Å²) in [6.45, 7) is 5.55. The smallest absolute Gasteiger partial charge is 0.254 e. The van der Waals surface area contributed by atoms with E-state index in [1.807, 2.05) is 30.9 Å². The number of amides is 2. The fourth-order valence-corrected chi connectivity index (χ4v) is 2.56. The average Bonchev–Trinajstić information content (AvgIpc) is 2.51. The van der Waals surface area contributed by atoms with Crippen molar-refractivity contribution in [1.29, 1.82) is 0 Å². The third-order valence-corrected chi connectivity index (χ3v) is 3.58. The lowest BCUT2D eigenvalue weighted by Crippen LogP contribution is -2.48. The van der Waals surface area contributed by atoms with E-state index in [-0.39, 0.29) is 43.0 Å². The molecule has 0 aromatic heterocycles. The van der Waals surface area contributed by atoms with Gasteiger partial charge in [0.05, 0.1) is 18.8 Å². The van der Waals surface area contributed by atoms with Crippen molar-refractivity contribution in [1.82, 2.24) is 10.2 Å². The zero-order chi connectivity index (χ0) is 16.1. The average molecular weight is 342 g/mol. The summed E-state index contributed by atoms with van der Waals surface area (Å²) in [6, 6.07) is 7.27. The van der Waals surface area contributed by atoms with Crippen molar-refractivity contribution in [2.75, 3.05) is 19.6 Å². The standard InChI is InChI=1S/C16H23N3O3.ClH/c1-11-9-19(10-12(2)22-11)16(21)14-5-3-13(4-6-14)8-18-15(20)7-17;/h3-6,11-12H,7-10,17H2,1-2H3,(H,18,20);1H. The Labute approximate surface area is 142 Å². The second-order valence-electron chi connectivity index (χ2n) is 5.65. The number of hydrogen-bond donors (Lipinski definition) is 2. The first kappa shape index (κ1) is 19.4. The van der Waals surface area contributed by atoms with E-state index in [0.29, 0.717) is 25.2 Å². The number of nitrogens with zero attached hydrogens (tertiary/aromatic N) is 1. The molecule has 1 fully saturated rings. The molecule has 2 unspecified atom stereocenters. The van der Waals surface area contributed by atoms with Crippen molar-refractivity contribution >= 4 is 24.2 Å². The molecule has 23 heavy (non-hydrogen) atoms. The molecule has 1 aliphatic heterocycles. The van der Waals surface area contributed by atoms with E-state index < -0.39 is 0 Å². The van der Waals surface area contributed by atoms with Crippen molar-refractivity contribution in [3.05, 3.63) is 35.4 Å². The van der Waals surface area contributed by atoms with Gasteiger partial charge in [-0.25, -0.2) is 0 Å². The van der Waals surface area contributed by atoms with Crippen LogP contribution in [0.25, 0.3) is 0 Å². The van der Waals surface area contributed by atoms with Crippen LogP contribution in [0.3, 0.4) is 0 Å². The van der Waals surface area contributed by atoms with Crippen LogP contribution in [0.5, 0.6) is 0 Å². The monoisotopic (exact) mass is 341 g/mol. The predicted molar refractivity (Wildman–Crippen MR) is 90.5 cm³/mol. The predicted octanol–water partition coefficient (Wildman–Crippen LogP) is 0.933. The van der Waals surface area contributed by atoms with Crippen LogP contribution < -0.4 is 11.1 Å². The molecule has 1 aromatic rings. The minimum absolute atomic E-state index is 0. The number of ether oxygens (including phenoxy) is 1. The Kier molecular flexibility index (Phi) is 7.48. The highest BCUT2D eigenvalue weighted by atomic mass is 35.5. The summed E-state index contributed by atoms with van der Waals surface area (Å²) < 4.78 is 5.64. The van der Waals surface area contributed by atoms with E-state index in [0.717, 1.165) is 5.56 Å². The summed E-state index contributed by atoms with van der Waals surface area (Å²) in [5.74, 6) is -0.184. The Hall–Kier alpha value is -1.63. The Bertz CT molecular complexity index is 526. The van der Waals surface area contributed by atoms with Gasteiger partial charge < -0.3 is 20.7 Å². The Morgan fingerprint density at radius 2 is 1.78 bits per heavy atom. The second-order valence-corrected chi connectivity index (χ2v) is 5.65. The molecule has 2 amide bonds. The zero-order valence-corrected chi connectivity index (χ0v) is 14.3. The molecule has 2 rings (SSSR count). The fraction of sp³-hybridized carbons (Fsp3) is 0.500. The molecule has 0 spiro atoms. The third-order valence-electron chi connectivity index (χ3n) is 3.58. The van der Waals surface area contributed by atoms with Crippen LogP contribution in [0.15, 0.2) is 24.3 Å². The number of carbonyl (C=O) groups excluding carboxylic acids is 2. The molecule has 1 aliphatic rings. The normalized spacial score (nSPS) is 20.6. The van der Waals surface area contributed by atoms with Gasteiger partial charge in [0, 0.05) is 25.2 Å². The fourth-order valence-electron chi connectivity index (χ4n) is 2.56. The lowest BCUT2D eigenvalue weighted by atomic mass is 10.1. The number of nitrogens with two attached hydrogens (primary N) is 1.